The highest BCUT2D eigenvalue weighted by Gasteiger charge is 2.28. The van der Waals surface area contributed by atoms with Gasteiger partial charge in [-0.2, -0.15) is 5.10 Å². The van der Waals surface area contributed by atoms with E-state index >= 15 is 0 Å². The average Bonchev–Trinajstić information content (AvgIpc) is 3.20. The van der Waals surface area contributed by atoms with Crippen molar-refractivity contribution in [1.29, 1.82) is 0 Å². The molecule has 0 bridgehead atoms. The topological polar surface area (TPSA) is 73.2 Å². The van der Waals surface area contributed by atoms with Crippen molar-refractivity contribution < 1.29 is 18.1 Å². The van der Waals surface area contributed by atoms with Gasteiger partial charge in [0.1, 0.15) is 17.4 Å². The first kappa shape index (κ1) is 18.4. The fourth-order valence-corrected chi connectivity index (χ4v) is 4.39. The quantitative estimate of drug-likeness (QED) is 0.716. The Kier molecular flexibility index (Phi) is 4.95. The first-order valence-corrected chi connectivity index (χ1v) is 10.2. The molecule has 1 atom stereocenters. The van der Waals surface area contributed by atoms with E-state index in [2.05, 4.69) is 10.4 Å². The number of aromatic nitrogens is 2. The van der Waals surface area contributed by atoms with Crippen LogP contribution in [0.3, 0.4) is 0 Å². The second kappa shape index (κ2) is 7.55. The molecule has 1 aromatic heterocycles. The number of hydrogen-bond donors (Lipinski definition) is 1. The minimum Gasteiger partial charge on any atom is -0.497 e. The normalized spacial score (nSPS) is 15.3. The molecule has 8 heteroatoms. The lowest BCUT2D eigenvalue weighted by Crippen LogP contribution is -2.18. The molecule has 0 spiro atoms. The third-order valence-electron chi connectivity index (χ3n) is 4.52. The van der Waals surface area contributed by atoms with Gasteiger partial charge in [-0.05, 0) is 42.0 Å². The first-order chi connectivity index (χ1) is 13.5. The molecule has 6 nitrogen and oxygen atoms in total. The fourth-order valence-electron chi connectivity index (χ4n) is 3.13. The lowest BCUT2D eigenvalue weighted by atomic mass is 10.1. The number of carbonyl (C=O) groups excluding carboxylic acids is 1. The van der Waals surface area contributed by atoms with Gasteiger partial charge >= 0.3 is 0 Å². The van der Waals surface area contributed by atoms with E-state index in [0.29, 0.717) is 28.7 Å². The summed E-state index contributed by atoms with van der Waals surface area (Å²) in [5, 5.41) is 7.40. The molecular weight excluding hydrogens is 381 g/mol. The number of nitrogens with one attached hydrogen (secondary N) is 1. The summed E-state index contributed by atoms with van der Waals surface area (Å²) in [6.45, 7) is 0. The zero-order valence-electron chi connectivity index (χ0n) is 15.1. The Morgan fingerprint density at radius 3 is 2.57 bits per heavy atom. The number of carbonyl (C=O) groups is 1. The molecule has 0 radical (unpaired) electrons. The molecule has 28 heavy (non-hydrogen) atoms. The zero-order valence-corrected chi connectivity index (χ0v) is 16.0. The van der Waals surface area contributed by atoms with Gasteiger partial charge in [-0.1, -0.05) is 12.1 Å². The van der Waals surface area contributed by atoms with Crippen LogP contribution >= 0.6 is 0 Å². The number of hydrogen-bond acceptors (Lipinski definition) is 4. The number of amides is 1. The van der Waals surface area contributed by atoms with Gasteiger partial charge in [-0.3, -0.25) is 9.00 Å². The van der Waals surface area contributed by atoms with E-state index in [4.69, 9.17) is 4.74 Å². The van der Waals surface area contributed by atoms with Crippen molar-refractivity contribution in [2.45, 2.75) is 17.9 Å². The number of benzene rings is 2. The predicted octanol–water partition coefficient (Wildman–Crippen LogP) is 2.96. The maximum Gasteiger partial charge on any atom is 0.229 e. The van der Waals surface area contributed by atoms with E-state index in [-0.39, 0.29) is 18.1 Å². The Morgan fingerprint density at radius 1 is 1.18 bits per heavy atom. The number of ether oxygens (including phenoxy) is 1. The summed E-state index contributed by atoms with van der Waals surface area (Å²) >= 11 is 0. The lowest BCUT2D eigenvalue weighted by molar-refractivity contribution is -0.115. The number of halogens is 1. The summed E-state index contributed by atoms with van der Waals surface area (Å²) in [6.07, 6.45) is 0.177. The molecule has 1 N–H and O–H groups in total. The van der Waals surface area contributed by atoms with Gasteiger partial charge < -0.3 is 10.1 Å². The molecule has 4 rings (SSSR count). The smallest absolute Gasteiger partial charge is 0.229 e. The average molecular weight is 399 g/mol. The highest BCUT2D eigenvalue weighted by Crippen LogP contribution is 2.31. The highest BCUT2D eigenvalue weighted by atomic mass is 32.2. The highest BCUT2D eigenvalue weighted by molar-refractivity contribution is 7.83. The Labute approximate surface area is 163 Å². The molecular formula is C20H18FN3O3S. The van der Waals surface area contributed by atoms with Crippen LogP contribution < -0.4 is 10.1 Å². The number of methoxy groups -OCH3 is 1. The van der Waals surface area contributed by atoms with Gasteiger partial charge in [0, 0.05) is 16.4 Å². The first-order valence-electron chi connectivity index (χ1n) is 8.68. The third kappa shape index (κ3) is 3.68. The largest absolute Gasteiger partial charge is 0.497 e. The van der Waals surface area contributed by atoms with Crippen LogP contribution in [0, 0.1) is 5.82 Å². The minimum atomic E-state index is -1.02. The molecule has 0 saturated carbocycles. The second-order valence-corrected chi connectivity index (χ2v) is 7.92. The Balaban J connectivity index is 1.61. The number of fused-ring (bicyclic) bond motifs is 1. The van der Waals surface area contributed by atoms with E-state index in [1.165, 1.54) is 12.1 Å². The molecule has 0 saturated heterocycles. The molecule has 0 unspecified atom stereocenters. The molecule has 3 aromatic rings. The van der Waals surface area contributed by atoms with Crippen LogP contribution in [0.25, 0.3) is 5.69 Å². The van der Waals surface area contributed by atoms with Crippen LogP contribution in [0.2, 0.25) is 0 Å². The van der Waals surface area contributed by atoms with Gasteiger partial charge in [-0.25, -0.2) is 9.07 Å². The summed E-state index contributed by atoms with van der Waals surface area (Å²) in [6, 6.07) is 13.1. The molecule has 0 aliphatic carbocycles. The molecule has 0 fully saturated rings. The molecule has 1 aliphatic rings. The van der Waals surface area contributed by atoms with Crippen molar-refractivity contribution >= 4 is 22.5 Å². The van der Waals surface area contributed by atoms with Crippen LogP contribution in [0.1, 0.15) is 16.8 Å². The summed E-state index contributed by atoms with van der Waals surface area (Å²) in [4.78, 5) is 12.6. The van der Waals surface area contributed by atoms with Crippen LogP contribution in [0.15, 0.2) is 48.5 Å². The Morgan fingerprint density at radius 2 is 1.89 bits per heavy atom. The third-order valence-corrected chi connectivity index (χ3v) is 5.73. The Hall–Kier alpha value is -3.00. The number of rotatable bonds is 5. The molecule has 1 amide bonds. The van der Waals surface area contributed by atoms with E-state index < -0.39 is 10.8 Å². The van der Waals surface area contributed by atoms with Crippen LogP contribution in [-0.2, 0) is 33.5 Å². The fraction of sp³-hybridized carbons (Fsp3) is 0.200. The second-order valence-electron chi connectivity index (χ2n) is 6.46. The van der Waals surface area contributed by atoms with E-state index in [9.17, 15) is 13.4 Å². The summed E-state index contributed by atoms with van der Waals surface area (Å²) < 4.78 is 31.9. The van der Waals surface area contributed by atoms with Gasteiger partial charge in [-0.15, -0.1) is 0 Å². The van der Waals surface area contributed by atoms with Crippen LogP contribution in [0.5, 0.6) is 5.75 Å². The maximum atomic E-state index is 13.3. The van der Waals surface area contributed by atoms with Crippen molar-refractivity contribution in [2.75, 3.05) is 12.4 Å². The summed E-state index contributed by atoms with van der Waals surface area (Å²) in [7, 11) is 0.562. The van der Waals surface area contributed by atoms with Gasteiger partial charge in [0.05, 0.1) is 36.4 Å². The molecule has 2 heterocycles. The minimum absolute atomic E-state index is 0.177. The standard InChI is InChI=1S/C20H18FN3O3S/c1-27-16-8-2-13(3-9-16)10-19(25)22-20-17-11-28(26)12-18(17)23-24(20)15-6-4-14(21)5-7-15/h2-9H,10-12H2,1H3,(H,22,25)/t28-/m0/s1. The summed E-state index contributed by atoms with van der Waals surface area (Å²) in [5.41, 5.74) is 2.93. The molecule has 144 valence electrons. The van der Waals surface area contributed by atoms with Crippen molar-refractivity contribution in [2.24, 2.45) is 0 Å². The van der Waals surface area contributed by atoms with Crippen molar-refractivity contribution in [1.82, 2.24) is 9.78 Å². The van der Waals surface area contributed by atoms with E-state index in [1.807, 2.05) is 12.1 Å². The zero-order chi connectivity index (χ0) is 19.7. The van der Waals surface area contributed by atoms with Crippen LogP contribution in [-0.4, -0.2) is 27.0 Å². The van der Waals surface area contributed by atoms with Gasteiger partial charge in [0.15, 0.2) is 0 Å². The monoisotopic (exact) mass is 399 g/mol. The van der Waals surface area contributed by atoms with Gasteiger partial charge in [0.2, 0.25) is 5.91 Å². The van der Waals surface area contributed by atoms with E-state index in [0.717, 1.165) is 16.9 Å². The van der Waals surface area contributed by atoms with Crippen molar-refractivity contribution in [3.63, 3.8) is 0 Å². The predicted molar refractivity (Wildman–Crippen MR) is 104 cm³/mol. The van der Waals surface area contributed by atoms with Crippen LogP contribution in [0.4, 0.5) is 10.2 Å². The van der Waals surface area contributed by atoms with Crippen molar-refractivity contribution in [3.8, 4) is 11.4 Å². The Bertz CT molecular complexity index is 1050. The number of nitrogens with zero attached hydrogens (tertiary/aromatic N) is 2. The molecule has 2 aromatic carbocycles. The summed E-state index contributed by atoms with van der Waals surface area (Å²) in [5.74, 6) is 1.34. The SMILES string of the molecule is COc1ccc(CC(=O)Nc2c3c(nn2-c2ccc(F)cc2)C[S@@](=O)C3)cc1. The maximum absolute atomic E-state index is 13.3. The lowest BCUT2D eigenvalue weighted by Gasteiger charge is -2.11. The number of anilines is 1. The molecule has 1 aliphatic heterocycles. The van der Waals surface area contributed by atoms with E-state index in [1.54, 1.807) is 36.1 Å². The van der Waals surface area contributed by atoms with Crippen molar-refractivity contribution in [3.05, 3.63) is 71.2 Å². The van der Waals surface area contributed by atoms with Gasteiger partial charge in [0.25, 0.3) is 0 Å².